The molecule has 0 saturated heterocycles. The molecule has 0 amide bonds. The highest BCUT2D eigenvalue weighted by Crippen LogP contribution is 2.29. The summed E-state index contributed by atoms with van der Waals surface area (Å²) in [5.74, 6) is 0.484. The summed E-state index contributed by atoms with van der Waals surface area (Å²) in [6, 6.07) is 13.7. The molecule has 0 spiro atoms. The van der Waals surface area contributed by atoms with Gasteiger partial charge in [-0.1, -0.05) is 29.8 Å². The summed E-state index contributed by atoms with van der Waals surface area (Å²) >= 11 is 7.67. The summed E-state index contributed by atoms with van der Waals surface area (Å²) in [7, 11) is 0. The van der Waals surface area contributed by atoms with Gasteiger partial charge in [0.15, 0.2) is 6.10 Å². The lowest BCUT2D eigenvalue weighted by atomic mass is 10.0. The Labute approximate surface area is 204 Å². The largest absolute Gasteiger partial charge is 0.493 e. The number of benzene rings is 2. The molecule has 1 unspecified atom stereocenters. The average Bonchev–Trinajstić information content (AvgIpc) is 3.16. The number of halogens is 1. The highest BCUT2D eigenvalue weighted by atomic mass is 35.5. The van der Waals surface area contributed by atoms with Gasteiger partial charge in [0, 0.05) is 34.9 Å². The van der Waals surface area contributed by atoms with Crippen LogP contribution >= 0.6 is 22.9 Å². The fourth-order valence-electron chi connectivity index (χ4n) is 3.47. The van der Waals surface area contributed by atoms with Crippen LogP contribution in [-0.2, 0) is 27.1 Å². The molecule has 7 heteroatoms. The summed E-state index contributed by atoms with van der Waals surface area (Å²) in [5, 5.41) is 1.71. The summed E-state index contributed by atoms with van der Waals surface area (Å²) in [4.78, 5) is 18.1. The number of aryl methyl sites for hydroxylation is 2. The summed E-state index contributed by atoms with van der Waals surface area (Å²) < 4.78 is 16.7. The van der Waals surface area contributed by atoms with Crippen molar-refractivity contribution in [2.24, 2.45) is 0 Å². The van der Waals surface area contributed by atoms with Crippen LogP contribution in [0.1, 0.15) is 35.5 Å². The maximum atomic E-state index is 12.1. The highest BCUT2D eigenvalue weighted by Gasteiger charge is 2.21. The van der Waals surface area contributed by atoms with Crippen molar-refractivity contribution in [2.75, 3.05) is 19.8 Å². The van der Waals surface area contributed by atoms with Crippen LogP contribution in [0.25, 0.3) is 10.6 Å². The molecule has 0 N–H and O–H groups in total. The molecule has 1 heterocycles. The SMILES string of the molecule is CCOC(=O)C(Cc1ccc(OCCc2sc(-c3ccc(Cl)cc3)nc2C)cc1C)OCC. The Hall–Kier alpha value is -2.41. The lowest BCUT2D eigenvalue weighted by molar-refractivity contribution is -0.156. The molecule has 0 aliphatic rings. The van der Waals surface area contributed by atoms with Crippen LogP contribution in [0.2, 0.25) is 5.02 Å². The molecule has 0 bridgehead atoms. The summed E-state index contributed by atoms with van der Waals surface area (Å²) in [5.41, 5.74) is 4.19. The van der Waals surface area contributed by atoms with Crippen molar-refractivity contribution in [3.05, 3.63) is 69.2 Å². The number of aromatic nitrogens is 1. The van der Waals surface area contributed by atoms with E-state index in [0.717, 1.165) is 44.6 Å². The number of ether oxygens (including phenoxy) is 3. The van der Waals surface area contributed by atoms with Crippen LogP contribution in [-0.4, -0.2) is 36.9 Å². The van der Waals surface area contributed by atoms with Crippen molar-refractivity contribution < 1.29 is 19.0 Å². The fraction of sp³-hybridized carbons (Fsp3) is 0.385. The van der Waals surface area contributed by atoms with Gasteiger partial charge in [-0.3, -0.25) is 0 Å². The van der Waals surface area contributed by atoms with Gasteiger partial charge < -0.3 is 14.2 Å². The first-order valence-corrected chi connectivity index (χ1v) is 12.3. The first kappa shape index (κ1) is 25.2. The van der Waals surface area contributed by atoms with Crippen molar-refractivity contribution in [1.82, 2.24) is 4.98 Å². The average molecular weight is 488 g/mol. The molecule has 176 valence electrons. The first-order valence-electron chi connectivity index (χ1n) is 11.1. The third kappa shape index (κ3) is 7.03. The third-order valence-corrected chi connectivity index (χ3v) is 6.74. The van der Waals surface area contributed by atoms with Crippen molar-refractivity contribution in [1.29, 1.82) is 0 Å². The Kier molecular flexibility index (Phi) is 9.30. The van der Waals surface area contributed by atoms with Gasteiger partial charge in [-0.25, -0.2) is 9.78 Å². The van der Waals surface area contributed by atoms with Crippen molar-refractivity contribution in [3.8, 4) is 16.3 Å². The number of esters is 1. The Morgan fingerprint density at radius 3 is 2.52 bits per heavy atom. The van der Waals surface area contributed by atoms with Gasteiger partial charge in [0.05, 0.1) is 18.9 Å². The van der Waals surface area contributed by atoms with E-state index in [1.807, 2.05) is 63.2 Å². The maximum absolute atomic E-state index is 12.1. The molecule has 0 aliphatic carbocycles. The van der Waals surface area contributed by atoms with Crippen LogP contribution in [0, 0.1) is 13.8 Å². The number of nitrogens with zero attached hydrogens (tertiary/aromatic N) is 1. The third-order valence-electron chi connectivity index (χ3n) is 5.22. The smallest absolute Gasteiger partial charge is 0.335 e. The minimum Gasteiger partial charge on any atom is -0.493 e. The zero-order valence-electron chi connectivity index (χ0n) is 19.5. The van der Waals surface area contributed by atoms with Gasteiger partial charge in [-0.2, -0.15) is 0 Å². The summed E-state index contributed by atoms with van der Waals surface area (Å²) in [6.07, 6.45) is 0.670. The van der Waals surface area contributed by atoms with Gasteiger partial charge >= 0.3 is 5.97 Å². The van der Waals surface area contributed by atoms with E-state index in [-0.39, 0.29) is 5.97 Å². The molecule has 2 aromatic carbocycles. The van der Waals surface area contributed by atoms with Gasteiger partial charge in [-0.15, -0.1) is 11.3 Å². The highest BCUT2D eigenvalue weighted by molar-refractivity contribution is 7.15. The predicted molar refractivity (Wildman–Crippen MR) is 133 cm³/mol. The Bertz CT molecular complexity index is 1060. The van der Waals surface area contributed by atoms with Crippen LogP contribution in [0.5, 0.6) is 5.75 Å². The van der Waals surface area contributed by atoms with E-state index < -0.39 is 6.10 Å². The number of carbonyl (C=O) groups excluding carboxylic acids is 1. The Balaban J connectivity index is 1.58. The topological polar surface area (TPSA) is 57.7 Å². The second kappa shape index (κ2) is 12.2. The van der Waals surface area contributed by atoms with E-state index in [0.29, 0.717) is 26.2 Å². The molecule has 5 nitrogen and oxygen atoms in total. The van der Waals surface area contributed by atoms with Crippen LogP contribution in [0.4, 0.5) is 0 Å². The minimum absolute atomic E-state index is 0.322. The molecular formula is C26H30ClNO4S. The van der Waals surface area contributed by atoms with Gasteiger partial charge in [0.2, 0.25) is 0 Å². The van der Waals surface area contributed by atoms with E-state index in [4.69, 9.17) is 30.8 Å². The number of hydrogen-bond donors (Lipinski definition) is 0. The zero-order valence-corrected chi connectivity index (χ0v) is 21.1. The lowest BCUT2D eigenvalue weighted by Gasteiger charge is -2.17. The van der Waals surface area contributed by atoms with Gasteiger partial charge in [-0.05, 0) is 63.1 Å². The molecule has 3 aromatic rings. The normalized spacial score (nSPS) is 11.9. The van der Waals surface area contributed by atoms with Gasteiger partial charge in [0.25, 0.3) is 0 Å². The van der Waals surface area contributed by atoms with Crippen LogP contribution in [0.15, 0.2) is 42.5 Å². The molecule has 0 fully saturated rings. The number of rotatable bonds is 11. The molecular weight excluding hydrogens is 458 g/mol. The molecule has 0 aliphatic heterocycles. The van der Waals surface area contributed by atoms with Crippen molar-refractivity contribution in [2.45, 2.75) is 46.6 Å². The Morgan fingerprint density at radius 1 is 1.09 bits per heavy atom. The van der Waals surface area contributed by atoms with Crippen molar-refractivity contribution in [3.63, 3.8) is 0 Å². The molecule has 0 saturated carbocycles. The number of carbonyl (C=O) groups is 1. The zero-order chi connectivity index (χ0) is 23.8. The van der Waals surface area contributed by atoms with Crippen LogP contribution in [0.3, 0.4) is 0 Å². The lowest BCUT2D eigenvalue weighted by Crippen LogP contribution is -2.29. The molecule has 33 heavy (non-hydrogen) atoms. The minimum atomic E-state index is -0.593. The van der Waals surface area contributed by atoms with Crippen LogP contribution < -0.4 is 4.74 Å². The van der Waals surface area contributed by atoms with E-state index in [1.54, 1.807) is 18.3 Å². The van der Waals surface area contributed by atoms with E-state index in [2.05, 4.69) is 0 Å². The number of thiazole rings is 1. The number of hydrogen-bond acceptors (Lipinski definition) is 6. The quantitative estimate of drug-likeness (QED) is 0.301. The van der Waals surface area contributed by atoms with E-state index >= 15 is 0 Å². The standard InChI is InChI=1S/C26H30ClNO4S/c1-5-30-23(26(29)31-6-2)16-20-9-12-22(15-17(20)3)32-14-13-24-18(4)28-25(33-24)19-7-10-21(27)11-8-19/h7-12,15,23H,5-6,13-14,16H2,1-4H3. The molecule has 3 rings (SSSR count). The van der Waals surface area contributed by atoms with Crippen molar-refractivity contribution >= 4 is 28.9 Å². The molecule has 1 atom stereocenters. The first-order chi connectivity index (χ1) is 15.9. The van der Waals surface area contributed by atoms with E-state index in [1.165, 1.54) is 4.88 Å². The second-order valence-electron chi connectivity index (χ2n) is 7.62. The maximum Gasteiger partial charge on any atom is 0.335 e. The monoisotopic (exact) mass is 487 g/mol. The molecule has 1 aromatic heterocycles. The summed E-state index contributed by atoms with van der Waals surface area (Å²) in [6.45, 7) is 9.08. The molecule has 0 radical (unpaired) electrons. The van der Waals surface area contributed by atoms with E-state index in [9.17, 15) is 4.79 Å². The second-order valence-corrected chi connectivity index (χ2v) is 9.14. The Morgan fingerprint density at radius 2 is 1.85 bits per heavy atom. The predicted octanol–water partition coefficient (Wildman–Crippen LogP) is 6.21. The fourth-order valence-corrected chi connectivity index (χ4v) is 4.65. The van der Waals surface area contributed by atoms with Gasteiger partial charge in [0.1, 0.15) is 10.8 Å².